The van der Waals surface area contributed by atoms with E-state index < -0.39 is 0 Å². The molecule has 5 heterocycles. The Labute approximate surface area is 195 Å². The number of benzene rings is 1. The van der Waals surface area contributed by atoms with Gasteiger partial charge in [0.25, 0.3) is 5.78 Å². The summed E-state index contributed by atoms with van der Waals surface area (Å²) in [6.07, 6.45) is 3.21. The average Bonchev–Trinajstić information content (AvgIpc) is 3.64. The van der Waals surface area contributed by atoms with Crippen LogP contribution in [0.3, 0.4) is 0 Å². The highest BCUT2D eigenvalue weighted by atomic mass is 16.3. The topological polar surface area (TPSA) is 122 Å². The molecule has 2 saturated heterocycles. The molecule has 0 spiro atoms. The van der Waals surface area contributed by atoms with Gasteiger partial charge in [-0.2, -0.15) is 19.5 Å². The summed E-state index contributed by atoms with van der Waals surface area (Å²) in [5.41, 5.74) is 7.37. The Morgan fingerprint density at radius 2 is 1.79 bits per heavy atom. The summed E-state index contributed by atoms with van der Waals surface area (Å²) in [7, 11) is 0. The van der Waals surface area contributed by atoms with Crippen LogP contribution in [0.15, 0.2) is 53.1 Å². The molecular weight excluding hydrogens is 434 g/mol. The number of fused-ring (bicyclic) bond motifs is 1. The molecule has 3 aromatic heterocycles. The molecule has 0 radical (unpaired) electrons. The van der Waals surface area contributed by atoms with Gasteiger partial charge in [0.1, 0.15) is 6.04 Å². The molecule has 2 N–H and O–H groups in total. The quantitative estimate of drug-likeness (QED) is 0.486. The number of para-hydroxylation sites is 1. The molecule has 1 amide bonds. The van der Waals surface area contributed by atoms with Crippen LogP contribution < -0.4 is 15.5 Å². The van der Waals surface area contributed by atoms with E-state index in [2.05, 4.69) is 37.1 Å². The molecule has 34 heavy (non-hydrogen) atoms. The van der Waals surface area contributed by atoms with Gasteiger partial charge in [0, 0.05) is 38.4 Å². The van der Waals surface area contributed by atoms with Crippen LogP contribution in [0, 0.1) is 0 Å². The lowest BCUT2D eigenvalue weighted by Gasteiger charge is -2.38. The van der Waals surface area contributed by atoms with Gasteiger partial charge in [0.2, 0.25) is 23.6 Å². The molecule has 2 aliphatic rings. The van der Waals surface area contributed by atoms with Crippen LogP contribution in [-0.2, 0) is 4.79 Å². The van der Waals surface area contributed by atoms with Crippen LogP contribution in [0.1, 0.15) is 12.8 Å². The largest absolute Gasteiger partial charge is 0.461 e. The van der Waals surface area contributed by atoms with Crippen molar-refractivity contribution < 1.29 is 9.21 Å². The summed E-state index contributed by atoms with van der Waals surface area (Å²) < 4.78 is 6.77. The molecule has 174 valence electrons. The zero-order valence-corrected chi connectivity index (χ0v) is 18.6. The van der Waals surface area contributed by atoms with Crippen LogP contribution >= 0.6 is 0 Å². The van der Waals surface area contributed by atoms with Gasteiger partial charge >= 0.3 is 0 Å². The second-order valence-electron chi connectivity index (χ2n) is 8.51. The Morgan fingerprint density at radius 1 is 0.971 bits per heavy atom. The number of furan rings is 1. The zero-order valence-electron chi connectivity index (χ0n) is 18.6. The fourth-order valence-corrected chi connectivity index (χ4v) is 4.73. The number of rotatable bonds is 4. The molecule has 11 nitrogen and oxygen atoms in total. The fraction of sp³-hybridized carbons (Fsp3) is 0.348. The number of piperazine rings is 1. The van der Waals surface area contributed by atoms with Gasteiger partial charge in [-0.1, -0.05) is 18.2 Å². The highest BCUT2D eigenvalue weighted by molar-refractivity contribution is 5.85. The molecular formula is C23H25N9O2. The summed E-state index contributed by atoms with van der Waals surface area (Å²) in [4.78, 5) is 33.2. The summed E-state index contributed by atoms with van der Waals surface area (Å²) in [6.45, 7) is 3.70. The molecule has 6 rings (SSSR count). The van der Waals surface area contributed by atoms with Gasteiger partial charge in [0.05, 0.1) is 6.26 Å². The van der Waals surface area contributed by atoms with E-state index in [9.17, 15) is 4.79 Å². The predicted molar refractivity (Wildman–Crippen MR) is 126 cm³/mol. The lowest BCUT2D eigenvalue weighted by molar-refractivity contribution is -0.132. The maximum Gasteiger partial charge on any atom is 0.259 e. The van der Waals surface area contributed by atoms with Gasteiger partial charge < -0.3 is 24.9 Å². The van der Waals surface area contributed by atoms with Gasteiger partial charge in [-0.3, -0.25) is 4.79 Å². The fourth-order valence-electron chi connectivity index (χ4n) is 4.73. The molecule has 0 bridgehead atoms. The number of anilines is 3. The lowest BCUT2D eigenvalue weighted by atomic mass is 10.1. The van der Waals surface area contributed by atoms with Gasteiger partial charge in [-0.25, -0.2) is 0 Å². The Morgan fingerprint density at radius 3 is 2.56 bits per heavy atom. The number of nitrogen functional groups attached to an aromatic ring is 1. The SMILES string of the molecule is Nc1nc(N2CCC[C@H]2C(=O)N2CCN(c3ccccc3)CC2)nc2nc(-c3ccco3)nn12. The number of nitrogens with two attached hydrogens (primary N) is 1. The van der Waals surface area contributed by atoms with E-state index in [1.54, 1.807) is 18.4 Å². The molecule has 0 unspecified atom stereocenters. The minimum Gasteiger partial charge on any atom is -0.461 e. The zero-order chi connectivity index (χ0) is 23.1. The molecule has 0 saturated carbocycles. The number of amides is 1. The number of nitrogens with zero attached hydrogens (tertiary/aromatic N) is 8. The second-order valence-corrected chi connectivity index (χ2v) is 8.51. The summed E-state index contributed by atoms with van der Waals surface area (Å²) >= 11 is 0. The summed E-state index contributed by atoms with van der Waals surface area (Å²) in [5.74, 6) is 1.92. The third kappa shape index (κ3) is 3.58. The summed E-state index contributed by atoms with van der Waals surface area (Å²) in [5, 5.41) is 4.35. The van der Waals surface area contributed by atoms with Crippen LogP contribution in [0.4, 0.5) is 17.6 Å². The monoisotopic (exact) mass is 459 g/mol. The summed E-state index contributed by atoms with van der Waals surface area (Å²) in [6, 6.07) is 13.5. The van der Waals surface area contributed by atoms with Crippen molar-refractivity contribution in [3.8, 4) is 11.6 Å². The molecule has 0 aliphatic carbocycles. The van der Waals surface area contributed by atoms with E-state index in [-0.39, 0.29) is 17.9 Å². The van der Waals surface area contributed by atoms with Crippen molar-refractivity contribution >= 4 is 29.3 Å². The number of carbonyl (C=O) groups is 1. The van der Waals surface area contributed by atoms with Crippen molar-refractivity contribution in [1.82, 2.24) is 29.5 Å². The minimum atomic E-state index is -0.308. The molecule has 11 heteroatoms. The maximum atomic E-state index is 13.5. The van der Waals surface area contributed by atoms with Crippen molar-refractivity contribution in [2.45, 2.75) is 18.9 Å². The van der Waals surface area contributed by atoms with Crippen molar-refractivity contribution in [1.29, 1.82) is 0 Å². The standard InChI is InChI=1S/C23H25N9O2/c24-21-26-22(27-23-25-19(28-32(21)23)18-9-5-15-34-18)31-10-4-8-17(31)20(33)30-13-11-29(12-14-30)16-6-2-1-3-7-16/h1-3,5-7,9,15,17H,4,8,10-14H2,(H2,24,25,26,27,28)/t17-/m0/s1. The van der Waals surface area contributed by atoms with Crippen molar-refractivity contribution in [3.05, 3.63) is 48.7 Å². The van der Waals surface area contributed by atoms with E-state index >= 15 is 0 Å². The Balaban J connectivity index is 1.20. The first-order valence-electron chi connectivity index (χ1n) is 11.5. The third-order valence-electron chi connectivity index (χ3n) is 6.47. The first kappa shape index (κ1) is 20.5. The van der Waals surface area contributed by atoms with Crippen LogP contribution in [0.25, 0.3) is 17.4 Å². The predicted octanol–water partition coefficient (Wildman–Crippen LogP) is 1.68. The highest BCUT2D eigenvalue weighted by Crippen LogP contribution is 2.27. The second kappa shape index (κ2) is 8.32. The van der Waals surface area contributed by atoms with E-state index in [1.165, 1.54) is 10.2 Å². The number of hydrogen-bond donors (Lipinski definition) is 1. The van der Waals surface area contributed by atoms with Crippen LogP contribution in [0.2, 0.25) is 0 Å². The Hall–Kier alpha value is -4.15. The van der Waals surface area contributed by atoms with E-state index in [4.69, 9.17) is 10.2 Å². The van der Waals surface area contributed by atoms with Crippen LogP contribution in [-0.4, -0.2) is 74.1 Å². The van der Waals surface area contributed by atoms with Gasteiger partial charge in [-0.05, 0) is 37.1 Å². The van der Waals surface area contributed by atoms with Gasteiger partial charge in [0.15, 0.2) is 5.76 Å². The Kier molecular flexibility index (Phi) is 5.01. The smallest absolute Gasteiger partial charge is 0.259 e. The normalized spacial score (nSPS) is 18.7. The minimum absolute atomic E-state index is 0.116. The highest BCUT2D eigenvalue weighted by Gasteiger charge is 2.36. The molecule has 1 aromatic carbocycles. The van der Waals surface area contributed by atoms with E-state index in [0.717, 1.165) is 25.9 Å². The van der Waals surface area contributed by atoms with Crippen molar-refractivity contribution in [2.24, 2.45) is 0 Å². The van der Waals surface area contributed by atoms with E-state index in [1.807, 2.05) is 28.0 Å². The van der Waals surface area contributed by atoms with Gasteiger partial charge in [-0.15, -0.1) is 5.10 Å². The number of carbonyl (C=O) groups excluding carboxylic acids is 1. The molecule has 1 atom stereocenters. The number of aromatic nitrogens is 5. The van der Waals surface area contributed by atoms with Crippen molar-refractivity contribution in [2.75, 3.05) is 48.3 Å². The molecule has 2 aliphatic heterocycles. The lowest BCUT2D eigenvalue weighted by Crippen LogP contribution is -2.54. The van der Waals surface area contributed by atoms with Crippen LogP contribution in [0.5, 0.6) is 0 Å². The average molecular weight is 460 g/mol. The first-order chi connectivity index (χ1) is 16.7. The number of hydrogen-bond acceptors (Lipinski definition) is 9. The Bertz CT molecular complexity index is 1300. The van der Waals surface area contributed by atoms with Crippen molar-refractivity contribution in [3.63, 3.8) is 0 Å². The van der Waals surface area contributed by atoms with E-state index in [0.29, 0.717) is 42.9 Å². The first-order valence-corrected chi connectivity index (χ1v) is 11.5. The third-order valence-corrected chi connectivity index (χ3v) is 6.47. The molecule has 4 aromatic rings. The molecule has 2 fully saturated rings. The maximum absolute atomic E-state index is 13.5.